The van der Waals surface area contributed by atoms with Gasteiger partial charge in [-0.15, -0.1) is 11.8 Å². The number of morpholine rings is 1. The van der Waals surface area contributed by atoms with E-state index in [1.807, 2.05) is 30.0 Å². The second-order valence-corrected chi connectivity index (χ2v) is 5.51. The fourth-order valence-corrected chi connectivity index (χ4v) is 2.92. The van der Waals surface area contributed by atoms with Crippen LogP contribution < -0.4 is 0 Å². The predicted molar refractivity (Wildman–Crippen MR) is 75.4 cm³/mol. The lowest BCUT2D eigenvalue weighted by Gasteiger charge is -2.31. The Morgan fingerprint density at radius 3 is 3.00 bits per heavy atom. The fraction of sp³-hybridized carbons (Fsp3) is 0.500. The number of thioether (sulfide) groups is 1. The molecule has 2 rings (SSSR count). The van der Waals surface area contributed by atoms with Gasteiger partial charge in [0.15, 0.2) is 6.10 Å². The van der Waals surface area contributed by atoms with Crippen LogP contribution in [-0.2, 0) is 14.3 Å². The summed E-state index contributed by atoms with van der Waals surface area (Å²) in [7, 11) is 1.40. The number of benzene rings is 1. The molecule has 1 saturated heterocycles. The Hall–Kier alpha value is -1.04. The van der Waals surface area contributed by atoms with E-state index < -0.39 is 6.10 Å². The second kappa shape index (κ2) is 7.53. The molecule has 0 aromatic heterocycles. The minimum atomic E-state index is -0.430. The molecule has 104 valence electrons. The average molecular weight is 281 g/mol. The van der Waals surface area contributed by atoms with Crippen LogP contribution in [-0.4, -0.2) is 56.1 Å². The number of rotatable bonds is 5. The highest BCUT2D eigenvalue weighted by molar-refractivity contribution is 7.99. The van der Waals surface area contributed by atoms with Gasteiger partial charge in [0.2, 0.25) is 0 Å². The summed E-state index contributed by atoms with van der Waals surface area (Å²) in [6.07, 6.45) is -0.430. The third kappa shape index (κ3) is 4.53. The molecule has 1 aromatic carbocycles. The van der Waals surface area contributed by atoms with Gasteiger partial charge < -0.3 is 9.47 Å². The first kappa shape index (κ1) is 14.4. The molecular formula is C14H19NO3S. The van der Waals surface area contributed by atoms with E-state index in [0.29, 0.717) is 13.2 Å². The Kier molecular flexibility index (Phi) is 5.69. The summed E-state index contributed by atoms with van der Waals surface area (Å²) >= 11 is 1.83. The Bertz CT molecular complexity index is 399. The van der Waals surface area contributed by atoms with Crippen molar-refractivity contribution in [3.05, 3.63) is 30.3 Å². The summed E-state index contributed by atoms with van der Waals surface area (Å²) < 4.78 is 10.1. The third-order valence-corrected chi connectivity index (χ3v) is 4.03. The predicted octanol–water partition coefficient (Wildman–Crippen LogP) is 1.65. The van der Waals surface area contributed by atoms with Crippen LogP contribution in [0.4, 0.5) is 0 Å². The monoisotopic (exact) mass is 281 g/mol. The van der Waals surface area contributed by atoms with Crippen molar-refractivity contribution in [3.63, 3.8) is 0 Å². The summed E-state index contributed by atoms with van der Waals surface area (Å²) in [5, 5.41) is 0. The maximum absolute atomic E-state index is 11.4. The Balaban J connectivity index is 1.72. The van der Waals surface area contributed by atoms with Crippen LogP contribution in [0.2, 0.25) is 0 Å². The van der Waals surface area contributed by atoms with E-state index in [-0.39, 0.29) is 5.97 Å². The smallest absolute Gasteiger partial charge is 0.336 e. The van der Waals surface area contributed by atoms with Gasteiger partial charge in [0.05, 0.1) is 13.7 Å². The zero-order chi connectivity index (χ0) is 13.5. The SMILES string of the molecule is COC(=O)C1CN(CCSc2ccccc2)CCO1. The van der Waals surface area contributed by atoms with Crippen molar-refractivity contribution in [1.29, 1.82) is 0 Å². The molecule has 0 bridgehead atoms. The number of ether oxygens (including phenoxy) is 2. The van der Waals surface area contributed by atoms with E-state index in [4.69, 9.17) is 9.47 Å². The largest absolute Gasteiger partial charge is 0.467 e. The number of methoxy groups -OCH3 is 1. The fourth-order valence-electron chi connectivity index (χ4n) is 1.99. The highest BCUT2D eigenvalue weighted by Crippen LogP contribution is 2.17. The molecule has 0 aliphatic carbocycles. The van der Waals surface area contributed by atoms with E-state index in [9.17, 15) is 4.79 Å². The van der Waals surface area contributed by atoms with Gasteiger partial charge in [0.1, 0.15) is 0 Å². The number of esters is 1. The lowest BCUT2D eigenvalue weighted by molar-refractivity contribution is -0.159. The Labute approximate surface area is 118 Å². The van der Waals surface area contributed by atoms with Gasteiger partial charge in [-0.1, -0.05) is 18.2 Å². The first-order valence-corrected chi connectivity index (χ1v) is 7.38. The van der Waals surface area contributed by atoms with E-state index in [1.54, 1.807) is 0 Å². The van der Waals surface area contributed by atoms with E-state index in [2.05, 4.69) is 17.0 Å². The summed E-state index contributed by atoms with van der Waals surface area (Å²) in [5.74, 6) is 0.734. The van der Waals surface area contributed by atoms with Crippen LogP contribution in [0.25, 0.3) is 0 Å². The van der Waals surface area contributed by atoms with Crippen molar-refractivity contribution in [2.75, 3.05) is 39.1 Å². The highest BCUT2D eigenvalue weighted by atomic mass is 32.2. The van der Waals surface area contributed by atoms with Crippen molar-refractivity contribution < 1.29 is 14.3 Å². The van der Waals surface area contributed by atoms with Gasteiger partial charge in [0.25, 0.3) is 0 Å². The number of carbonyl (C=O) groups is 1. The normalized spacial score (nSPS) is 20.2. The van der Waals surface area contributed by atoms with E-state index in [0.717, 1.165) is 18.8 Å². The van der Waals surface area contributed by atoms with Gasteiger partial charge in [-0.3, -0.25) is 4.90 Å². The Morgan fingerprint density at radius 1 is 1.47 bits per heavy atom. The van der Waals surface area contributed by atoms with Crippen molar-refractivity contribution in [2.45, 2.75) is 11.0 Å². The van der Waals surface area contributed by atoms with Crippen molar-refractivity contribution in [1.82, 2.24) is 4.90 Å². The summed E-state index contributed by atoms with van der Waals surface area (Å²) in [4.78, 5) is 15.0. The molecular weight excluding hydrogens is 262 g/mol. The van der Waals surface area contributed by atoms with E-state index >= 15 is 0 Å². The van der Waals surface area contributed by atoms with Crippen LogP contribution in [0.15, 0.2) is 35.2 Å². The minimum absolute atomic E-state index is 0.277. The molecule has 1 aliphatic rings. The molecule has 0 N–H and O–H groups in total. The lowest BCUT2D eigenvalue weighted by Crippen LogP contribution is -2.47. The second-order valence-electron chi connectivity index (χ2n) is 4.34. The molecule has 0 radical (unpaired) electrons. The van der Waals surface area contributed by atoms with Crippen molar-refractivity contribution in [3.8, 4) is 0 Å². The summed E-state index contributed by atoms with van der Waals surface area (Å²) in [6.45, 7) is 3.05. The molecule has 0 spiro atoms. The zero-order valence-corrected chi connectivity index (χ0v) is 11.9. The number of hydrogen-bond acceptors (Lipinski definition) is 5. The summed E-state index contributed by atoms with van der Waals surface area (Å²) in [5.41, 5.74) is 0. The van der Waals surface area contributed by atoms with Crippen molar-refractivity contribution >= 4 is 17.7 Å². The first-order chi connectivity index (χ1) is 9.29. The average Bonchev–Trinajstić information content (AvgIpc) is 2.48. The molecule has 1 aromatic rings. The number of nitrogens with zero attached hydrogens (tertiary/aromatic N) is 1. The zero-order valence-electron chi connectivity index (χ0n) is 11.1. The first-order valence-electron chi connectivity index (χ1n) is 6.39. The molecule has 0 amide bonds. The lowest BCUT2D eigenvalue weighted by atomic mass is 10.3. The molecule has 1 atom stereocenters. The van der Waals surface area contributed by atoms with E-state index in [1.165, 1.54) is 12.0 Å². The van der Waals surface area contributed by atoms with Crippen molar-refractivity contribution in [2.24, 2.45) is 0 Å². The number of carbonyl (C=O) groups excluding carboxylic acids is 1. The minimum Gasteiger partial charge on any atom is -0.467 e. The van der Waals surface area contributed by atoms with Gasteiger partial charge >= 0.3 is 5.97 Å². The topological polar surface area (TPSA) is 38.8 Å². The molecule has 5 heteroatoms. The van der Waals surface area contributed by atoms with Gasteiger partial charge in [-0.2, -0.15) is 0 Å². The molecule has 1 fully saturated rings. The van der Waals surface area contributed by atoms with Crippen LogP contribution in [0.3, 0.4) is 0 Å². The van der Waals surface area contributed by atoms with Gasteiger partial charge in [0, 0.05) is 30.3 Å². The molecule has 1 aliphatic heterocycles. The van der Waals surface area contributed by atoms with Crippen LogP contribution >= 0.6 is 11.8 Å². The number of hydrogen-bond donors (Lipinski definition) is 0. The molecule has 19 heavy (non-hydrogen) atoms. The van der Waals surface area contributed by atoms with Gasteiger partial charge in [-0.25, -0.2) is 4.79 Å². The maximum atomic E-state index is 11.4. The summed E-state index contributed by atoms with van der Waals surface area (Å²) in [6, 6.07) is 10.3. The van der Waals surface area contributed by atoms with Crippen LogP contribution in [0, 0.1) is 0 Å². The molecule has 1 unspecified atom stereocenters. The van der Waals surface area contributed by atoms with Crippen LogP contribution in [0.1, 0.15) is 0 Å². The standard InChI is InChI=1S/C14H19NO3S/c1-17-14(16)13-11-15(7-9-18-13)8-10-19-12-5-3-2-4-6-12/h2-6,13H,7-11H2,1H3. The molecule has 4 nitrogen and oxygen atoms in total. The van der Waals surface area contributed by atoms with Crippen LogP contribution in [0.5, 0.6) is 0 Å². The highest BCUT2D eigenvalue weighted by Gasteiger charge is 2.26. The Morgan fingerprint density at radius 2 is 2.26 bits per heavy atom. The maximum Gasteiger partial charge on any atom is 0.336 e. The third-order valence-electron chi connectivity index (χ3n) is 3.03. The van der Waals surface area contributed by atoms with Gasteiger partial charge in [-0.05, 0) is 12.1 Å². The molecule has 1 heterocycles. The molecule has 0 saturated carbocycles. The quantitative estimate of drug-likeness (QED) is 0.606.